The van der Waals surface area contributed by atoms with Gasteiger partial charge < -0.3 is 10.6 Å². The molecule has 1 rings (SSSR count). The third-order valence-electron chi connectivity index (χ3n) is 3.48. The molecule has 1 unspecified atom stereocenters. The second-order valence-electron chi connectivity index (χ2n) is 5.12. The van der Waals surface area contributed by atoms with Crippen molar-refractivity contribution in [3.63, 3.8) is 0 Å². The van der Waals surface area contributed by atoms with E-state index in [0.29, 0.717) is 12.5 Å². The van der Waals surface area contributed by atoms with E-state index in [1.807, 2.05) is 0 Å². The highest BCUT2D eigenvalue weighted by Gasteiger charge is 2.16. The number of amides is 1. The highest BCUT2D eigenvalue weighted by atomic mass is 16.1. The molecule has 0 bridgehead atoms. The molecule has 0 aromatic heterocycles. The van der Waals surface area contributed by atoms with Gasteiger partial charge in [-0.15, -0.1) is 0 Å². The molecule has 3 nitrogen and oxygen atoms in total. The third-order valence-corrected chi connectivity index (χ3v) is 3.48. The fraction of sp³-hybridized carbons (Fsp3) is 0.929. The van der Waals surface area contributed by atoms with Gasteiger partial charge in [0, 0.05) is 19.0 Å². The predicted octanol–water partition coefficient (Wildman–Crippen LogP) is 2.61. The summed E-state index contributed by atoms with van der Waals surface area (Å²) in [5.41, 5.74) is 0. The van der Waals surface area contributed by atoms with Gasteiger partial charge in [0.2, 0.25) is 5.91 Å². The summed E-state index contributed by atoms with van der Waals surface area (Å²) >= 11 is 0. The second-order valence-corrected chi connectivity index (χ2v) is 5.12. The highest BCUT2D eigenvalue weighted by Crippen LogP contribution is 2.07. The molecular weight excluding hydrogens is 212 g/mol. The molecule has 1 heterocycles. The molecule has 1 fully saturated rings. The van der Waals surface area contributed by atoms with Gasteiger partial charge in [-0.05, 0) is 19.4 Å². The summed E-state index contributed by atoms with van der Waals surface area (Å²) in [7, 11) is 0. The van der Waals surface area contributed by atoms with Crippen molar-refractivity contribution in [1.29, 1.82) is 0 Å². The average Bonchev–Trinajstić information content (AvgIpc) is 2.35. The standard InChI is InChI=1S/C14H28N2O/c1-2-3-4-5-6-7-8-11-15-13-9-10-14(17)16-12-13/h13,15H,2-12H2,1H3,(H,16,17). The summed E-state index contributed by atoms with van der Waals surface area (Å²) in [6.45, 7) is 4.18. The quantitative estimate of drug-likeness (QED) is 0.608. The lowest BCUT2D eigenvalue weighted by Crippen LogP contribution is -2.45. The Kier molecular flexibility index (Phi) is 8.06. The maximum atomic E-state index is 11.0. The van der Waals surface area contributed by atoms with Crippen LogP contribution in [0.5, 0.6) is 0 Å². The Hall–Kier alpha value is -0.570. The van der Waals surface area contributed by atoms with Crippen molar-refractivity contribution in [2.24, 2.45) is 0 Å². The first-order valence-electron chi connectivity index (χ1n) is 7.33. The molecule has 1 atom stereocenters. The lowest BCUT2D eigenvalue weighted by atomic mass is 10.1. The largest absolute Gasteiger partial charge is 0.355 e. The van der Waals surface area contributed by atoms with Gasteiger partial charge in [0.15, 0.2) is 0 Å². The summed E-state index contributed by atoms with van der Waals surface area (Å²) in [4.78, 5) is 11.0. The topological polar surface area (TPSA) is 41.1 Å². The van der Waals surface area contributed by atoms with E-state index < -0.39 is 0 Å². The summed E-state index contributed by atoms with van der Waals surface area (Å²) in [6.07, 6.45) is 11.2. The summed E-state index contributed by atoms with van der Waals surface area (Å²) < 4.78 is 0. The Labute approximate surface area is 106 Å². The van der Waals surface area contributed by atoms with E-state index in [1.165, 1.54) is 44.9 Å². The second kappa shape index (κ2) is 9.46. The number of rotatable bonds is 9. The highest BCUT2D eigenvalue weighted by molar-refractivity contribution is 5.76. The third kappa shape index (κ3) is 7.37. The van der Waals surface area contributed by atoms with E-state index in [-0.39, 0.29) is 5.91 Å². The summed E-state index contributed by atoms with van der Waals surface area (Å²) in [5.74, 6) is 0.207. The van der Waals surface area contributed by atoms with Crippen molar-refractivity contribution >= 4 is 5.91 Å². The molecule has 1 saturated heterocycles. The first kappa shape index (κ1) is 14.5. The van der Waals surface area contributed by atoms with Crippen LogP contribution in [-0.2, 0) is 4.79 Å². The zero-order chi connectivity index (χ0) is 12.3. The maximum absolute atomic E-state index is 11.0. The fourth-order valence-electron chi connectivity index (χ4n) is 2.30. The van der Waals surface area contributed by atoms with Crippen molar-refractivity contribution in [3.05, 3.63) is 0 Å². The van der Waals surface area contributed by atoms with Crippen molar-refractivity contribution in [3.8, 4) is 0 Å². The van der Waals surface area contributed by atoms with Crippen LogP contribution in [0.4, 0.5) is 0 Å². The SMILES string of the molecule is CCCCCCCCCNC1CCC(=O)NC1. The minimum atomic E-state index is 0.207. The van der Waals surface area contributed by atoms with Crippen LogP contribution in [0.3, 0.4) is 0 Å². The average molecular weight is 240 g/mol. The van der Waals surface area contributed by atoms with Gasteiger partial charge in [0.05, 0.1) is 0 Å². The molecule has 0 aromatic carbocycles. The zero-order valence-corrected chi connectivity index (χ0v) is 11.3. The Balaban J connectivity index is 1.82. The lowest BCUT2D eigenvalue weighted by molar-refractivity contribution is -0.122. The van der Waals surface area contributed by atoms with Gasteiger partial charge >= 0.3 is 0 Å². The van der Waals surface area contributed by atoms with Crippen LogP contribution in [0.2, 0.25) is 0 Å². The van der Waals surface area contributed by atoms with Gasteiger partial charge in [-0.3, -0.25) is 4.79 Å². The monoisotopic (exact) mass is 240 g/mol. The van der Waals surface area contributed by atoms with Crippen LogP contribution in [0.1, 0.15) is 64.7 Å². The van der Waals surface area contributed by atoms with Gasteiger partial charge in [0.1, 0.15) is 0 Å². The van der Waals surface area contributed by atoms with E-state index in [2.05, 4.69) is 17.6 Å². The Morgan fingerprint density at radius 1 is 1.18 bits per heavy atom. The number of carbonyl (C=O) groups is 1. The molecule has 0 aliphatic carbocycles. The first-order valence-corrected chi connectivity index (χ1v) is 7.33. The van der Waals surface area contributed by atoms with Gasteiger partial charge in [0.25, 0.3) is 0 Å². The van der Waals surface area contributed by atoms with Crippen LogP contribution >= 0.6 is 0 Å². The molecular formula is C14H28N2O. The minimum Gasteiger partial charge on any atom is -0.355 e. The van der Waals surface area contributed by atoms with Crippen molar-refractivity contribution in [2.75, 3.05) is 13.1 Å². The zero-order valence-electron chi connectivity index (χ0n) is 11.3. The van der Waals surface area contributed by atoms with Crippen LogP contribution in [-0.4, -0.2) is 25.0 Å². The van der Waals surface area contributed by atoms with Crippen LogP contribution in [0.15, 0.2) is 0 Å². The minimum absolute atomic E-state index is 0.207. The summed E-state index contributed by atoms with van der Waals surface area (Å²) in [5, 5.41) is 6.44. The van der Waals surface area contributed by atoms with Crippen molar-refractivity contribution in [1.82, 2.24) is 10.6 Å². The van der Waals surface area contributed by atoms with Crippen molar-refractivity contribution < 1.29 is 4.79 Å². The van der Waals surface area contributed by atoms with Crippen molar-refractivity contribution in [2.45, 2.75) is 70.8 Å². The molecule has 3 heteroatoms. The molecule has 2 N–H and O–H groups in total. The fourth-order valence-corrected chi connectivity index (χ4v) is 2.30. The molecule has 100 valence electrons. The first-order chi connectivity index (χ1) is 8.33. The molecule has 1 amide bonds. The molecule has 1 aliphatic heterocycles. The molecule has 17 heavy (non-hydrogen) atoms. The number of carbonyl (C=O) groups excluding carboxylic acids is 1. The molecule has 0 radical (unpaired) electrons. The van der Waals surface area contributed by atoms with E-state index in [4.69, 9.17) is 0 Å². The number of unbranched alkanes of at least 4 members (excludes halogenated alkanes) is 6. The van der Waals surface area contributed by atoms with Crippen LogP contribution < -0.4 is 10.6 Å². The smallest absolute Gasteiger partial charge is 0.220 e. The van der Waals surface area contributed by atoms with E-state index >= 15 is 0 Å². The van der Waals surface area contributed by atoms with E-state index in [0.717, 1.165) is 19.5 Å². The predicted molar refractivity (Wildman–Crippen MR) is 72.0 cm³/mol. The number of hydrogen-bond acceptors (Lipinski definition) is 2. The maximum Gasteiger partial charge on any atom is 0.220 e. The van der Waals surface area contributed by atoms with Gasteiger partial charge in [-0.1, -0.05) is 45.4 Å². The summed E-state index contributed by atoms with van der Waals surface area (Å²) in [6, 6.07) is 0.507. The number of hydrogen-bond donors (Lipinski definition) is 2. The Bertz CT molecular complexity index is 196. The Morgan fingerprint density at radius 3 is 2.53 bits per heavy atom. The van der Waals surface area contributed by atoms with Crippen LogP contribution in [0, 0.1) is 0 Å². The van der Waals surface area contributed by atoms with Crippen LogP contribution in [0.25, 0.3) is 0 Å². The van der Waals surface area contributed by atoms with Gasteiger partial charge in [-0.2, -0.15) is 0 Å². The number of piperidine rings is 1. The lowest BCUT2D eigenvalue weighted by Gasteiger charge is -2.23. The van der Waals surface area contributed by atoms with E-state index in [1.54, 1.807) is 0 Å². The normalized spacial score (nSPS) is 20.3. The molecule has 0 aromatic rings. The Morgan fingerprint density at radius 2 is 1.88 bits per heavy atom. The molecule has 0 saturated carbocycles. The van der Waals surface area contributed by atoms with E-state index in [9.17, 15) is 4.79 Å². The molecule has 1 aliphatic rings. The number of nitrogens with one attached hydrogen (secondary N) is 2. The van der Waals surface area contributed by atoms with Gasteiger partial charge in [-0.25, -0.2) is 0 Å². The molecule has 0 spiro atoms.